The van der Waals surface area contributed by atoms with Gasteiger partial charge in [0.2, 0.25) is 0 Å². The maximum atomic E-state index is 12.6. The Bertz CT molecular complexity index is 1070. The van der Waals surface area contributed by atoms with Crippen molar-refractivity contribution in [2.24, 2.45) is 0 Å². The average Bonchev–Trinajstić information content (AvgIpc) is 3.12. The van der Waals surface area contributed by atoms with Crippen molar-refractivity contribution in [3.05, 3.63) is 58.1 Å². The Morgan fingerprint density at radius 1 is 1.17 bits per heavy atom. The average molecular weight is 413 g/mol. The number of aliphatic hydroxyl groups is 1. The number of nitrogens with zero attached hydrogens (tertiary/aromatic N) is 2. The van der Waals surface area contributed by atoms with E-state index in [1.165, 1.54) is 5.52 Å². The molecule has 2 aromatic heterocycles. The lowest BCUT2D eigenvalue weighted by Gasteiger charge is -2.34. The molecule has 4 nitrogen and oxygen atoms in total. The van der Waals surface area contributed by atoms with Crippen LogP contribution in [0.3, 0.4) is 0 Å². The summed E-state index contributed by atoms with van der Waals surface area (Å²) in [5.41, 5.74) is 2.29. The Hall–Kier alpha value is -2.04. The number of fused-ring (bicyclic) bond motifs is 1. The molecule has 0 bridgehead atoms. The summed E-state index contributed by atoms with van der Waals surface area (Å²) in [5, 5.41) is 11.7. The summed E-state index contributed by atoms with van der Waals surface area (Å²) < 4.78 is 4.03. The SMILES string of the molecule is CCCCn1ccc(-c2ccc3c(ccn3C3CCC(C)(O)CC3)c2)c(Cl)c1=O. The Kier molecular flexibility index (Phi) is 5.58. The summed E-state index contributed by atoms with van der Waals surface area (Å²) in [7, 11) is 0. The van der Waals surface area contributed by atoms with Crippen LogP contribution in [0.1, 0.15) is 58.4 Å². The van der Waals surface area contributed by atoms with Gasteiger partial charge in [0, 0.05) is 41.4 Å². The van der Waals surface area contributed by atoms with Crippen LogP contribution in [0.5, 0.6) is 0 Å². The summed E-state index contributed by atoms with van der Waals surface area (Å²) >= 11 is 6.45. The van der Waals surface area contributed by atoms with Crippen molar-refractivity contribution in [1.82, 2.24) is 9.13 Å². The summed E-state index contributed by atoms with van der Waals surface area (Å²) in [4.78, 5) is 12.6. The molecule has 154 valence electrons. The normalized spacial score (nSPS) is 22.3. The highest BCUT2D eigenvalue weighted by atomic mass is 35.5. The molecule has 1 fully saturated rings. The second-order valence-corrected chi connectivity index (χ2v) is 9.00. The molecule has 0 aliphatic heterocycles. The predicted octanol–water partition coefficient (Wildman–Crippen LogP) is 5.79. The second kappa shape index (κ2) is 8.00. The van der Waals surface area contributed by atoms with Crippen LogP contribution in [-0.4, -0.2) is 19.8 Å². The number of hydrogen-bond acceptors (Lipinski definition) is 2. The van der Waals surface area contributed by atoms with Gasteiger partial charge >= 0.3 is 0 Å². The summed E-state index contributed by atoms with van der Waals surface area (Å²) in [6, 6.07) is 10.8. The molecule has 1 aliphatic carbocycles. The standard InChI is InChI=1S/C24H29ClN2O2/c1-3-4-13-26-14-10-20(22(25)23(26)28)17-5-6-21-18(16-17)9-15-27(21)19-7-11-24(2,29)12-8-19/h5-6,9-10,14-16,19,29H,3-4,7-8,11-13H2,1-2H3. The predicted molar refractivity (Wildman–Crippen MR) is 120 cm³/mol. The van der Waals surface area contributed by atoms with Crippen LogP contribution in [0.2, 0.25) is 5.02 Å². The van der Waals surface area contributed by atoms with Gasteiger partial charge in [-0.1, -0.05) is 31.0 Å². The largest absolute Gasteiger partial charge is 0.390 e. The lowest BCUT2D eigenvalue weighted by Crippen LogP contribution is -2.31. The third kappa shape index (κ3) is 4.01. The molecule has 1 aliphatic rings. The summed E-state index contributed by atoms with van der Waals surface area (Å²) in [5.74, 6) is 0. The topological polar surface area (TPSA) is 47.2 Å². The monoisotopic (exact) mass is 412 g/mol. The van der Waals surface area contributed by atoms with Crippen LogP contribution in [0, 0.1) is 0 Å². The van der Waals surface area contributed by atoms with Crippen molar-refractivity contribution in [3.63, 3.8) is 0 Å². The van der Waals surface area contributed by atoms with Gasteiger partial charge in [0.25, 0.3) is 5.56 Å². The number of rotatable bonds is 5. The van der Waals surface area contributed by atoms with Crippen LogP contribution in [0.15, 0.2) is 47.5 Å². The number of aryl methyl sites for hydroxylation is 1. The van der Waals surface area contributed by atoms with Gasteiger partial charge in [-0.25, -0.2) is 0 Å². The molecule has 3 aromatic rings. The number of hydrogen-bond donors (Lipinski definition) is 1. The lowest BCUT2D eigenvalue weighted by atomic mass is 9.83. The molecule has 0 spiro atoms. The fraction of sp³-hybridized carbons (Fsp3) is 0.458. The molecule has 0 saturated heterocycles. The van der Waals surface area contributed by atoms with E-state index in [-0.39, 0.29) is 10.6 Å². The quantitative estimate of drug-likeness (QED) is 0.576. The summed E-state index contributed by atoms with van der Waals surface area (Å²) in [6.45, 7) is 4.74. The van der Waals surface area contributed by atoms with Crippen molar-refractivity contribution in [3.8, 4) is 11.1 Å². The van der Waals surface area contributed by atoms with E-state index in [0.717, 1.165) is 55.0 Å². The van der Waals surface area contributed by atoms with Crippen molar-refractivity contribution >= 4 is 22.5 Å². The minimum Gasteiger partial charge on any atom is -0.390 e. The number of aromatic nitrogens is 2. The third-order valence-corrected chi connectivity index (χ3v) is 6.68. The van der Waals surface area contributed by atoms with E-state index in [1.807, 2.05) is 19.2 Å². The first-order valence-electron chi connectivity index (χ1n) is 10.6. The zero-order chi connectivity index (χ0) is 20.6. The fourth-order valence-electron chi connectivity index (χ4n) is 4.43. The first kappa shape index (κ1) is 20.2. The van der Waals surface area contributed by atoms with E-state index in [1.54, 1.807) is 4.57 Å². The smallest absolute Gasteiger partial charge is 0.269 e. The Morgan fingerprint density at radius 3 is 2.66 bits per heavy atom. The van der Waals surface area contributed by atoms with Crippen LogP contribution in [-0.2, 0) is 6.54 Å². The number of halogens is 1. The van der Waals surface area contributed by atoms with Crippen molar-refractivity contribution in [1.29, 1.82) is 0 Å². The number of unbranched alkanes of at least 4 members (excludes halogenated alkanes) is 1. The molecule has 5 heteroatoms. The zero-order valence-corrected chi connectivity index (χ0v) is 18.0. The minimum absolute atomic E-state index is 0.121. The van der Waals surface area contributed by atoms with Gasteiger partial charge in [0.15, 0.2) is 0 Å². The molecule has 1 aromatic carbocycles. The van der Waals surface area contributed by atoms with Crippen LogP contribution >= 0.6 is 11.6 Å². The Morgan fingerprint density at radius 2 is 1.93 bits per heavy atom. The van der Waals surface area contributed by atoms with Gasteiger partial charge in [-0.2, -0.15) is 0 Å². The van der Waals surface area contributed by atoms with E-state index in [4.69, 9.17) is 11.6 Å². The van der Waals surface area contributed by atoms with Crippen LogP contribution < -0.4 is 5.56 Å². The maximum Gasteiger partial charge on any atom is 0.269 e. The minimum atomic E-state index is -0.527. The zero-order valence-electron chi connectivity index (χ0n) is 17.2. The van der Waals surface area contributed by atoms with Gasteiger partial charge < -0.3 is 14.2 Å². The van der Waals surface area contributed by atoms with E-state index in [9.17, 15) is 9.90 Å². The van der Waals surface area contributed by atoms with Crippen molar-refractivity contribution < 1.29 is 5.11 Å². The van der Waals surface area contributed by atoms with Gasteiger partial charge in [-0.3, -0.25) is 4.79 Å². The molecule has 4 rings (SSSR count). The van der Waals surface area contributed by atoms with E-state index < -0.39 is 5.60 Å². The highest BCUT2D eigenvalue weighted by Crippen LogP contribution is 2.37. The number of benzene rings is 1. The fourth-order valence-corrected chi connectivity index (χ4v) is 4.71. The second-order valence-electron chi connectivity index (χ2n) is 8.62. The molecule has 0 radical (unpaired) electrons. The molecular formula is C24H29ClN2O2. The molecule has 1 N–H and O–H groups in total. The van der Waals surface area contributed by atoms with Gasteiger partial charge in [0.1, 0.15) is 5.02 Å². The van der Waals surface area contributed by atoms with Gasteiger partial charge in [-0.15, -0.1) is 0 Å². The van der Waals surface area contributed by atoms with Crippen molar-refractivity contribution in [2.45, 2.75) is 70.6 Å². The molecular weight excluding hydrogens is 384 g/mol. The van der Waals surface area contributed by atoms with Gasteiger partial charge in [-0.05, 0) is 68.9 Å². The molecule has 29 heavy (non-hydrogen) atoms. The van der Waals surface area contributed by atoms with E-state index in [2.05, 4.69) is 42.0 Å². The molecule has 2 heterocycles. The van der Waals surface area contributed by atoms with E-state index >= 15 is 0 Å². The van der Waals surface area contributed by atoms with Crippen LogP contribution in [0.4, 0.5) is 0 Å². The highest BCUT2D eigenvalue weighted by Gasteiger charge is 2.29. The number of pyridine rings is 1. The first-order valence-corrected chi connectivity index (χ1v) is 11.0. The Labute approximate surface area is 176 Å². The molecule has 0 unspecified atom stereocenters. The maximum absolute atomic E-state index is 12.6. The lowest BCUT2D eigenvalue weighted by molar-refractivity contribution is 0.0104. The molecule has 0 amide bonds. The van der Waals surface area contributed by atoms with Crippen LogP contribution in [0.25, 0.3) is 22.0 Å². The molecule has 0 atom stereocenters. The first-order chi connectivity index (χ1) is 13.9. The third-order valence-electron chi connectivity index (χ3n) is 6.32. The Balaban J connectivity index is 1.64. The summed E-state index contributed by atoms with van der Waals surface area (Å²) in [6.07, 6.45) is 9.63. The highest BCUT2D eigenvalue weighted by molar-refractivity contribution is 6.33. The molecule has 1 saturated carbocycles. The van der Waals surface area contributed by atoms with E-state index in [0.29, 0.717) is 12.6 Å². The van der Waals surface area contributed by atoms with Gasteiger partial charge in [0.05, 0.1) is 5.60 Å². The van der Waals surface area contributed by atoms with Crippen molar-refractivity contribution in [2.75, 3.05) is 0 Å².